The molecule has 0 radical (unpaired) electrons. The molecule has 0 aromatic carbocycles. The standard InChI is InChI=1S/C33H46N8O3S/c1-20-11-13-40(14-12-20)23-7-9-24(10-8-23)44-18-22-19-45-32(36-22)38-30(42)28-26-29(41(39-28)25-6-4-5-15-43-25)27-21(16-33(26,2)3)17-35-31(34)37-27/h17,19-20,23-25H,4-16,18H2,1-3H3,(H2,34,35,37)(H,36,38,42). The van der Waals surface area contributed by atoms with Crippen LogP contribution in [0, 0.1) is 5.92 Å². The first-order chi connectivity index (χ1) is 21.7. The Balaban J connectivity index is 1.04. The first-order valence-corrected chi connectivity index (χ1v) is 17.6. The van der Waals surface area contributed by atoms with Gasteiger partial charge in [-0.3, -0.25) is 10.1 Å². The third-order valence-corrected chi connectivity index (χ3v) is 11.0. The molecule has 0 spiro atoms. The number of nitrogens with zero attached hydrogens (tertiary/aromatic N) is 6. The summed E-state index contributed by atoms with van der Waals surface area (Å²) in [5, 5.41) is 10.5. The lowest BCUT2D eigenvalue weighted by molar-refractivity contribution is -0.0386. The van der Waals surface area contributed by atoms with Crippen LogP contribution in [0.2, 0.25) is 0 Å². The Morgan fingerprint density at radius 3 is 2.69 bits per heavy atom. The molecule has 1 saturated carbocycles. The summed E-state index contributed by atoms with van der Waals surface area (Å²) in [5.74, 6) is 0.781. The molecule has 3 fully saturated rings. The number of carbonyl (C=O) groups excluding carboxylic acids is 1. The Bertz CT molecular complexity index is 1510. The summed E-state index contributed by atoms with van der Waals surface area (Å²) >= 11 is 1.42. The van der Waals surface area contributed by atoms with E-state index in [-0.39, 0.29) is 29.6 Å². The van der Waals surface area contributed by atoms with Gasteiger partial charge in [-0.1, -0.05) is 20.8 Å². The van der Waals surface area contributed by atoms with E-state index in [1.165, 1.54) is 50.1 Å². The highest BCUT2D eigenvalue weighted by Gasteiger charge is 2.42. The molecule has 11 nitrogen and oxygen atoms in total. The number of likely N-dealkylation sites (tertiary alicyclic amines) is 1. The third kappa shape index (κ3) is 6.39. The van der Waals surface area contributed by atoms with Crippen LogP contribution < -0.4 is 11.1 Å². The van der Waals surface area contributed by atoms with Crippen LogP contribution in [0.15, 0.2) is 11.6 Å². The number of piperidine rings is 1. The van der Waals surface area contributed by atoms with Crippen LogP contribution in [0.25, 0.3) is 11.4 Å². The highest BCUT2D eigenvalue weighted by molar-refractivity contribution is 7.14. The van der Waals surface area contributed by atoms with Crippen molar-refractivity contribution < 1.29 is 14.3 Å². The monoisotopic (exact) mass is 634 g/mol. The number of nitrogens with one attached hydrogen (secondary N) is 1. The van der Waals surface area contributed by atoms with Crippen molar-refractivity contribution in [1.29, 1.82) is 0 Å². The number of hydrogen-bond donors (Lipinski definition) is 2. The van der Waals surface area contributed by atoms with Crippen molar-refractivity contribution in [3.63, 3.8) is 0 Å². The highest BCUT2D eigenvalue weighted by atomic mass is 32.1. The molecule has 12 heteroatoms. The van der Waals surface area contributed by atoms with Gasteiger partial charge in [-0.15, -0.1) is 11.3 Å². The van der Waals surface area contributed by atoms with Gasteiger partial charge in [0, 0.05) is 29.8 Å². The Morgan fingerprint density at radius 2 is 1.93 bits per heavy atom. The maximum atomic E-state index is 13.9. The van der Waals surface area contributed by atoms with Gasteiger partial charge < -0.3 is 20.1 Å². The average molecular weight is 635 g/mol. The normalized spacial score (nSPS) is 25.4. The second-order valence-electron chi connectivity index (χ2n) is 14.1. The van der Waals surface area contributed by atoms with Crippen molar-refractivity contribution in [1.82, 2.24) is 29.6 Å². The van der Waals surface area contributed by atoms with Gasteiger partial charge in [0.25, 0.3) is 5.91 Å². The van der Waals surface area contributed by atoms with Crippen molar-refractivity contribution in [2.45, 2.75) is 115 Å². The topological polar surface area (TPSA) is 133 Å². The van der Waals surface area contributed by atoms with E-state index in [1.807, 2.05) is 10.1 Å². The van der Waals surface area contributed by atoms with Gasteiger partial charge in [-0.2, -0.15) is 5.10 Å². The van der Waals surface area contributed by atoms with Gasteiger partial charge in [0.2, 0.25) is 5.95 Å². The average Bonchev–Trinajstić information content (AvgIpc) is 3.67. The molecule has 2 saturated heterocycles. The molecular weight excluding hydrogens is 588 g/mol. The summed E-state index contributed by atoms with van der Waals surface area (Å²) in [6.07, 6.45) is 12.6. The van der Waals surface area contributed by atoms with Crippen molar-refractivity contribution >= 4 is 28.3 Å². The van der Waals surface area contributed by atoms with Gasteiger partial charge in [0.15, 0.2) is 17.1 Å². The maximum Gasteiger partial charge on any atom is 0.278 e. The lowest BCUT2D eigenvalue weighted by Gasteiger charge is -2.40. The van der Waals surface area contributed by atoms with Gasteiger partial charge in [-0.05, 0) is 94.2 Å². The third-order valence-electron chi connectivity index (χ3n) is 10.2. The second-order valence-corrected chi connectivity index (χ2v) is 14.9. The minimum atomic E-state index is -0.380. The van der Waals surface area contributed by atoms with E-state index >= 15 is 0 Å². The predicted octanol–water partition coefficient (Wildman–Crippen LogP) is 5.72. The largest absolute Gasteiger partial charge is 0.372 e. The quantitative estimate of drug-likeness (QED) is 0.335. The number of rotatable bonds is 7. The maximum absolute atomic E-state index is 13.9. The lowest BCUT2D eigenvalue weighted by atomic mass is 9.73. The number of anilines is 2. The summed E-state index contributed by atoms with van der Waals surface area (Å²) < 4.78 is 14.3. The number of amides is 1. The van der Waals surface area contributed by atoms with E-state index in [0.29, 0.717) is 36.5 Å². The Hall–Kier alpha value is -2.93. The van der Waals surface area contributed by atoms with Crippen LogP contribution >= 0.6 is 11.3 Å². The zero-order valence-corrected chi connectivity index (χ0v) is 27.6. The van der Waals surface area contributed by atoms with Gasteiger partial charge in [-0.25, -0.2) is 19.6 Å². The molecule has 0 bridgehead atoms. The molecule has 1 unspecified atom stereocenters. The Kier molecular flexibility index (Phi) is 8.66. The number of nitrogens with two attached hydrogens (primary N) is 1. The summed E-state index contributed by atoms with van der Waals surface area (Å²) in [5.41, 5.74) is 10.2. The Morgan fingerprint density at radius 1 is 1.13 bits per heavy atom. The van der Waals surface area contributed by atoms with Crippen LogP contribution in [-0.2, 0) is 27.9 Å². The van der Waals surface area contributed by atoms with Crippen LogP contribution in [0.4, 0.5) is 11.1 Å². The molecule has 3 N–H and O–H groups in total. The minimum Gasteiger partial charge on any atom is -0.372 e. The molecule has 2 aliphatic heterocycles. The summed E-state index contributed by atoms with van der Waals surface area (Å²) in [6.45, 7) is 10.2. The van der Waals surface area contributed by atoms with Gasteiger partial charge in [0.05, 0.1) is 29.8 Å². The molecule has 7 rings (SSSR count). The molecule has 3 aromatic rings. The van der Waals surface area contributed by atoms with E-state index in [9.17, 15) is 4.79 Å². The number of nitrogen functional groups attached to an aromatic ring is 1. The number of ether oxygens (including phenoxy) is 2. The van der Waals surface area contributed by atoms with Crippen molar-refractivity contribution in [3.8, 4) is 11.4 Å². The SMILES string of the molecule is CC1CCN(C2CCC(OCc3csc(NC(=O)c4nn(C5CCCCO5)c5c4C(C)(C)Cc4cnc(N)nc4-5)n3)CC2)CC1. The summed E-state index contributed by atoms with van der Waals surface area (Å²) in [7, 11) is 0. The molecule has 1 atom stereocenters. The molecule has 45 heavy (non-hydrogen) atoms. The smallest absolute Gasteiger partial charge is 0.278 e. The van der Waals surface area contributed by atoms with Gasteiger partial charge in [0.1, 0.15) is 0 Å². The molecule has 2 aliphatic carbocycles. The molecule has 1 amide bonds. The lowest BCUT2D eigenvalue weighted by Crippen LogP contribution is -2.43. The fourth-order valence-corrected chi connectivity index (χ4v) is 8.36. The van der Waals surface area contributed by atoms with Gasteiger partial charge >= 0.3 is 0 Å². The van der Waals surface area contributed by atoms with Crippen molar-refractivity contribution in [2.75, 3.05) is 30.7 Å². The number of thiazole rings is 1. The van der Waals surface area contributed by atoms with Crippen LogP contribution in [-0.4, -0.2) is 67.4 Å². The van der Waals surface area contributed by atoms with Crippen LogP contribution in [0.1, 0.15) is 112 Å². The fraction of sp³-hybridized carbons (Fsp3) is 0.667. The second kappa shape index (κ2) is 12.7. The molecule has 5 heterocycles. The van der Waals surface area contributed by atoms with Crippen LogP contribution in [0.3, 0.4) is 0 Å². The fourth-order valence-electron chi connectivity index (χ4n) is 7.67. The molecule has 242 valence electrons. The molecule has 4 aliphatic rings. The molecular formula is C33H46N8O3S. The first kappa shape index (κ1) is 30.7. The van der Waals surface area contributed by atoms with E-state index in [0.717, 1.165) is 66.2 Å². The zero-order valence-electron chi connectivity index (χ0n) is 26.8. The number of fused-ring (bicyclic) bond motifs is 3. The predicted molar refractivity (Wildman–Crippen MR) is 174 cm³/mol. The van der Waals surface area contributed by atoms with Crippen molar-refractivity contribution in [3.05, 3.63) is 34.1 Å². The van der Waals surface area contributed by atoms with E-state index < -0.39 is 0 Å². The first-order valence-electron chi connectivity index (χ1n) is 16.7. The zero-order chi connectivity index (χ0) is 31.1. The summed E-state index contributed by atoms with van der Waals surface area (Å²) in [4.78, 5) is 30.2. The summed E-state index contributed by atoms with van der Waals surface area (Å²) in [6, 6.07) is 0.709. The van der Waals surface area contributed by atoms with Crippen LogP contribution in [0.5, 0.6) is 0 Å². The van der Waals surface area contributed by atoms with E-state index in [1.54, 1.807) is 6.20 Å². The van der Waals surface area contributed by atoms with Crippen molar-refractivity contribution in [2.24, 2.45) is 5.92 Å². The number of aromatic nitrogens is 5. The molecule has 3 aromatic heterocycles. The Labute approximate surface area is 269 Å². The number of hydrogen-bond acceptors (Lipinski definition) is 10. The minimum absolute atomic E-state index is 0.199. The number of carbonyl (C=O) groups is 1. The van der Waals surface area contributed by atoms with E-state index in [2.05, 4.69) is 41.0 Å². The highest BCUT2D eigenvalue weighted by Crippen LogP contribution is 2.46. The van der Waals surface area contributed by atoms with E-state index in [4.69, 9.17) is 25.3 Å².